The summed E-state index contributed by atoms with van der Waals surface area (Å²) in [4.78, 5) is 26.9. The lowest BCUT2D eigenvalue weighted by Gasteiger charge is -2.41. The normalized spacial score (nSPS) is 19.5. The van der Waals surface area contributed by atoms with Crippen LogP contribution in [0.1, 0.15) is 53.8 Å². The van der Waals surface area contributed by atoms with E-state index in [4.69, 9.17) is 9.94 Å². The van der Waals surface area contributed by atoms with Gasteiger partial charge in [0.25, 0.3) is 5.91 Å². The molecule has 29 heavy (non-hydrogen) atoms. The number of ether oxygens (including phenoxy) is 1. The molecule has 7 heteroatoms. The molecule has 0 unspecified atom stereocenters. The molecule has 2 aromatic carbocycles. The minimum Gasteiger partial charge on any atom is -0.483 e. The number of hydrogen-bond acceptors (Lipinski definition) is 4. The van der Waals surface area contributed by atoms with E-state index in [9.17, 15) is 9.59 Å². The molecule has 0 radical (unpaired) electrons. The highest BCUT2D eigenvalue weighted by Gasteiger charge is 2.43. The van der Waals surface area contributed by atoms with Crippen LogP contribution in [0.25, 0.3) is 0 Å². The van der Waals surface area contributed by atoms with Crippen LogP contribution in [0.5, 0.6) is 5.75 Å². The van der Waals surface area contributed by atoms with Crippen LogP contribution in [0.4, 0.5) is 0 Å². The summed E-state index contributed by atoms with van der Waals surface area (Å²) in [7, 11) is 0. The van der Waals surface area contributed by atoms with Gasteiger partial charge in [-0.3, -0.25) is 14.8 Å². The van der Waals surface area contributed by atoms with E-state index in [1.54, 1.807) is 23.7 Å². The third-order valence-corrected chi connectivity index (χ3v) is 5.88. The number of amides is 2. The van der Waals surface area contributed by atoms with Crippen LogP contribution < -0.4 is 10.2 Å². The summed E-state index contributed by atoms with van der Waals surface area (Å²) >= 11 is 0. The second-order valence-electron chi connectivity index (χ2n) is 7.88. The number of rotatable bonds is 3. The molecule has 0 bridgehead atoms. The zero-order chi connectivity index (χ0) is 19.7. The molecule has 1 aliphatic carbocycles. The summed E-state index contributed by atoms with van der Waals surface area (Å²) in [5.74, 6) is 0.124. The van der Waals surface area contributed by atoms with Gasteiger partial charge in [0.05, 0.1) is 6.54 Å². The van der Waals surface area contributed by atoms with Gasteiger partial charge in [0.2, 0.25) is 5.91 Å². The van der Waals surface area contributed by atoms with E-state index in [1.165, 1.54) is 0 Å². The molecule has 1 atom stereocenters. The first-order valence-electron chi connectivity index (χ1n) is 9.58. The van der Waals surface area contributed by atoms with E-state index >= 15 is 0 Å². The molecule has 2 aromatic rings. The van der Waals surface area contributed by atoms with Crippen molar-refractivity contribution in [1.29, 1.82) is 0 Å². The van der Waals surface area contributed by atoms with Crippen molar-refractivity contribution >= 4 is 25.3 Å². The number of hydrogen-bond donors (Lipinski definition) is 2. The summed E-state index contributed by atoms with van der Waals surface area (Å²) in [6.07, 6.45) is 2.59. The molecule has 2 aliphatic rings. The van der Waals surface area contributed by atoms with E-state index in [0.717, 1.165) is 30.4 Å². The van der Waals surface area contributed by atoms with Crippen molar-refractivity contribution in [1.82, 2.24) is 10.4 Å². The number of carbonyl (C=O) groups excluding carboxylic acids is 2. The topological polar surface area (TPSA) is 78.9 Å². The zero-order valence-corrected chi connectivity index (χ0v) is 17.4. The van der Waals surface area contributed by atoms with Gasteiger partial charge in [-0.2, -0.15) is 13.5 Å². The van der Waals surface area contributed by atoms with Crippen LogP contribution in [0.15, 0.2) is 48.5 Å². The molecule has 6 nitrogen and oxygen atoms in total. The Morgan fingerprint density at radius 1 is 1.17 bits per heavy atom. The van der Waals surface area contributed by atoms with Crippen molar-refractivity contribution in [3.05, 3.63) is 65.2 Å². The maximum absolute atomic E-state index is 13.2. The summed E-state index contributed by atoms with van der Waals surface area (Å²) in [5, 5.41) is 8.92. The summed E-state index contributed by atoms with van der Waals surface area (Å²) < 4.78 is 6.27. The number of carbonyl (C=O) groups is 2. The molecular weight excluding hydrogens is 388 g/mol. The Morgan fingerprint density at radius 3 is 2.52 bits per heavy atom. The highest BCUT2D eigenvalue weighted by atomic mass is 32.1. The molecular formula is C22H26N2O4S. The first-order chi connectivity index (χ1) is 13.5. The summed E-state index contributed by atoms with van der Waals surface area (Å²) in [5.41, 5.74) is 3.49. The van der Waals surface area contributed by atoms with Gasteiger partial charge < -0.3 is 9.64 Å². The van der Waals surface area contributed by atoms with Gasteiger partial charge in [-0.25, -0.2) is 5.48 Å². The molecule has 2 amide bonds. The first kappa shape index (κ1) is 21.2. The first-order valence-corrected chi connectivity index (χ1v) is 9.58. The van der Waals surface area contributed by atoms with Crippen LogP contribution in [0.2, 0.25) is 0 Å². The SMILES string of the molecule is CC1(C(=O)N2Cc3ccc(C(=O)NO)cc3O[C@@H](c3ccccc3)C2)CCC1.S. The Labute approximate surface area is 177 Å². The number of hydroxylamine groups is 1. The van der Waals surface area contributed by atoms with Crippen molar-refractivity contribution in [2.24, 2.45) is 5.41 Å². The Hall–Kier alpha value is -2.51. The standard InChI is InChI=1S/C22H24N2O4.H2S/c1-22(10-5-11-22)21(26)24-13-17-9-8-16(20(25)23-27)12-18(17)28-19(14-24)15-6-3-2-4-7-15;/h2-4,6-9,12,19,27H,5,10-11,13-14H2,1H3,(H,23,25);1H2/t19-;/m1./s1. The van der Waals surface area contributed by atoms with Crippen LogP contribution in [0, 0.1) is 5.41 Å². The molecule has 4 rings (SSSR count). The second-order valence-corrected chi connectivity index (χ2v) is 7.88. The highest BCUT2D eigenvalue weighted by molar-refractivity contribution is 7.59. The average Bonchev–Trinajstić information content (AvgIpc) is 2.90. The van der Waals surface area contributed by atoms with Gasteiger partial charge in [-0.05, 0) is 30.5 Å². The van der Waals surface area contributed by atoms with Crippen molar-refractivity contribution in [2.45, 2.75) is 38.8 Å². The molecule has 0 saturated heterocycles. The number of benzene rings is 2. The zero-order valence-electron chi connectivity index (χ0n) is 16.4. The number of nitrogens with zero attached hydrogens (tertiary/aromatic N) is 1. The summed E-state index contributed by atoms with van der Waals surface area (Å²) in [6, 6.07) is 14.8. The van der Waals surface area contributed by atoms with Gasteiger partial charge in [0, 0.05) is 23.1 Å². The van der Waals surface area contributed by atoms with Gasteiger partial charge in [-0.1, -0.05) is 49.7 Å². The van der Waals surface area contributed by atoms with Crippen molar-refractivity contribution < 1.29 is 19.5 Å². The number of fused-ring (bicyclic) bond motifs is 1. The lowest BCUT2D eigenvalue weighted by Crippen LogP contribution is -2.46. The smallest absolute Gasteiger partial charge is 0.274 e. The largest absolute Gasteiger partial charge is 0.483 e. The molecule has 1 aliphatic heterocycles. The third-order valence-electron chi connectivity index (χ3n) is 5.88. The molecule has 1 fully saturated rings. The maximum atomic E-state index is 13.2. The fourth-order valence-electron chi connectivity index (χ4n) is 3.96. The lowest BCUT2D eigenvalue weighted by molar-refractivity contribution is -0.147. The van der Waals surface area contributed by atoms with Crippen LogP contribution in [0.3, 0.4) is 0 Å². The Kier molecular flexibility index (Phi) is 6.19. The molecule has 1 heterocycles. The van der Waals surface area contributed by atoms with Gasteiger partial charge in [0.1, 0.15) is 11.9 Å². The predicted octanol–water partition coefficient (Wildman–Crippen LogP) is 3.57. The minimum absolute atomic E-state index is 0. The molecule has 0 aromatic heterocycles. The minimum atomic E-state index is -0.596. The van der Waals surface area contributed by atoms with E-state index in [1.807, 2.05) is 42.2 Å². The Morgan fingerprint density at radius 2 is 1.90 bits per heavy atom. The molecule has 2 N–H and O–H groups in total. The fraction of sp³-hybridized carbons (Fsp3) is 0.364. The van der Waals surface area contributed by atoms with Crippen LogP contribution in [-0.4, -0.2) is 28.5 Å². The Balaban J connectivity index is 0.00000240. The molecule has 1 saturated carbocycles. The van der Waals surface area contributed by atoms with Crippen LogP contribution >= 0.6 is 13.5 Å². The van der Waals surface area contributed by atoms with Gasteiger partial charge >= 0.3 is 0 Å². The summed E-state index contributed by atoms with van der Waals surface area (Å²) in [6.45, 7) is 2.93. The van der Waals surface area contributed by atoms with E-state index in [2.05, 4.69) is 0 Å². The molecule has 0 spiro atoms. The van der Waals surface area contributed by atoms with E-state index < -0.39 is 5.91 Å². The third kappa shape index (κ3) is 4.11. The maximum Gasteiger partial charge on any atom is 0.274 e. The predicted molar refractivity (Wildman–Crippen MR) is 113 cm³/mol. The Bertz CT molecular complexity index is 899. The quantitative estimate of drug-likeness (QED) is 0.594. The second kappa shape index (κ2) is 8.47. The highest BCUT2D eigenvalue weighted by Crippen LogP contribution is 2.43. The molecule has 154 valence electrons. The van der Waals surface area contributed by atoms with Crippen molar-refractivity contribution in [3.8, 4) is 5.75 Å². The lowest BCUT2D eigenvalue weighted by atomic mass is 9.69. The monoisotopic (exact) mass is 414 g/mol. The fourth-order valence-corrected chi connectivity index (χ4v) is 3.96. The van der Waals surface area contributed by atoms with Gasteiger partial charge in [0.15, 0.2) is 0 Å². The van der Waals surface area contributed by atoms with Crippen molar-refractivity contribution in [3.63, 3.8) is 0 Å². The van der Waals surface area contributed by atoms with Gasteiger partial charge in [-0.15, -0.1) is 0 Å². The van der Waals surface area contributed by atoms with E-state index in [-0.39, 0.29) is 30.9 Å². The van der Waals surface area contributed by atoms with Crippen LogP contribution in [-0.2, 0) is 11.3 Å². The number of nitrogens with one attached hydrogen (secondary N) is 1. The van der Waals surface area contributed by atoms with E-state index in [0.29, 0.717) is 24.4 Å². The van der Waals surface area contributed by atoms with Crippen molar-refractivity contribution in [2.75, 3.05) is 6.54 Å². The average molecular weight is 415 g/mol.